The molecule has 0 heterocycles. The number of halogens is 1. The summed E-state index contributed by atoms with van der Waals surface area (Å²) in [7, 11) is -3.70. The molecule has 0 aromatic carbocycles. The van der Waals surface area contributed by atoms with E-state index in [0.717, 1.165) is 0 Å². The highest BCUT2D eigenvalue weighted by Crippen LogP contribution is 1.71. The summed E-state index contributed by atoms with van der Waals surface area (Å²) >= 11 is 0. The summed E-state index contributed by atoms with van der Waals surface area (Å²) in [4.78, 5) is 1.49. The number of hydrogen-bond acceptors (Lipinski definition) is 2. The Balaban J connectivity index is 3.85. The third-order valence-corrected chi connectivity index (χ3v) is 0.376. The minimum atomic E-state index is -3.70. The first-order valence-electron chi connectivity index (χ1n) is 1.09. The zero-order chi connectivity index (χ0) is 5.21. The van der Waals surface area contributed by atoms with E-state index in [1.165, 1.54) is 4.94 Å². The molecule has 0 aliphatic heterocycles. The van der Waals surface area contributed by atoms with Crippen molar-refractivity contribution in [1.29, 1.82) is 0 Å². The Morgan fingerprint density at radius 2 is 1.83 bits per heavy atom. The fourth-order valence-electron chi connectivity index (χ4n) is 0. The van der Waals surface area contributed by atoms with E-state index in [1.807, 2.05) is 0 Å². The highest BCUT2D eigenvalue weighted by atomic mass is 32.2. The van der Waals surface area contributed by atoms with Crippen molar-refractivity contribution < 1.29 is 12.9 Å². The molecule has 0 fully saturated rings. The maximum absolute atomic E-state index is 10.5. The van der Waals surface area contributed by atoms with Gasteiger partial charge in [-0.1, -0.05) is 4.48 Å². The molecule has 3 nitrogen and oxygen atoms in total. The Morgan fingerprint density at radius 1 is 1.67 bits per heavy atom. The Hall–Kier alpha value is -0.160. The van der Waals surface area contributed by atoms with E-state index in [9.17, 15) is 12.9 Å². The normalized spacial score (nSPS) is 11.7. The monoisotopic (exact) mass is 112 g/mol. The van der Waals surface area contributed by atoms with Crippen LogP contribution in [-0.2, 0) is 10.0 Å². The van der Waals surface area contributed by atoms with Gasteiger partial charge in [-0.05, 0) is 0 Å². The molecule has 5 heteroatoms. The van der Waals surface area contributed by atoms with Crippen molar-refractivity contribution in [1.82, 2.24) is 4.94 Å². The molecular formula is CH3FNO2S. The molecular weight excluding hydrogens is 109 g/mol. The predicted molar refractivity (Wildman–Crippen MR) is 18.1 cm³/mol. The molecule has 0 aliphatic rings. The Bertz CT molecular complexity index is 116. The maximum Gasteiger partial charge on any atom is 0.254 e. The van der Waals surface area contributed by atoms with Crippen LogP contribution in [0.2, 0.25) is 0 Å². The second kappa shape index (κ2) is 1.53. The maximum atomic E-state index is 10.5. The van der Waals surface area contributed by atoms with Gasteiger partial charge in [0.2, 0.25) is 0 Å². The molecule has 1 radical (unpaired) electrons. The molecule has 0 aliphatic carbocycles. The predicted octanol–water partition coefficient (Wildman–Crippen LogP) is -0.565. The van der Waals surface area contributed by atoms with Crippen molar-refractivity contribution >= 4 is 10.0 Å². The van der Waals surface area contributed by atoms with Crippen LogP contribution in [0.5, 0.6) is 0 Å². The summed E-state index contributed by atoms with van der Waals surface area (Å²) in [5, 5.41) is 0. The molecule has 0 saturated carbocycles. The van der Waals surface area contributed by atoms with Gasteiger partial charge in [0.25, 0.3) is 10.0 Å². The van der Waals surface area contributed by atoms with Crippen molar-refractivity contribution in [3.8, 4) is 0 Å². The van der Waals surface area contributed by atoms with E-state index in [1.54, 1.807) is 0 Å². The SMILES string of the molecule is CS(=O)(=O)[N]F. The van der Waals surface area contributed by atoms with Gasteiger partial charge in [0.15, 0.2) is 0 Å². The minimum Gasteiger partial charge on any atom is -0.209 e. The summed E-state index contributed by atoms with van der Waals surface area (Å²) < 4.78 is 29.5. The van der Waals surface area contributed by atoms with Crippen LogP contribution >= 0.6 is 0 Å². The molecule has 0 bridgehead atoms. The van der Waals surface area contributed by atoms with E-state index in [4.69, 9.17) is 0 Å². The lowest BCUT2D eigenvalue weighted by Crippen LogP contribution is -2.02. The van der Waals surface area contributed by atoms with Crippen LogP contribution in [0.15, 0.2) is 0 Å². The van der Waals surface area contributed by atoms with Gasteiger partial charge in [-0.2, -0.15) is 0 Å². The first-order valence-corrected chi connectivity index (χ1v) is 2.94. The number of nitrogens with zero attached hydrogens (tertiary/aromatic N) is 1. The van der Waals surface area contributed by atoms with Gasteiger partial charge in [0, 0.05) is 0 Å². The molecule has 0 aromatic heterocycles. The molecule has 0 unspecified atom stereocenters. The Kier molecular flexibility index (Phi) is 1.48. The molecule has 0 saturated heterocycles. The molecule has 37 valence electrons. The van der Waals surface area contributed by atoms with Crippen molar-refractivity contribution in [2.24, 2.45) is 0 Å². The summed E-state index contributed by atoms with van der Waals surface area (Å²) in [6.45, 7) is 0. The fourth-order valence-corrected chi connectivity index (χ4v) is 0. The molecule has 0 atom stereocenters. The van der Waals surface area contributed by atoms with Crippen LogP contribution < -0.4 is 4.94 Å². The van der Waals surface area contributed by atoms with Crippen molar-refractivity contribution in [2.75, 3.05) is 6.26 Å². The van der Waals surface area contributed by atoms with Crippen LogP contribution in [0.4, 0.5) is 4.48 Å². The van der Waals surface area contributed by atoms with Crippen LogP contribution in [0.1, 0.15) is 0 Å². The molecule has 6 heavy (non-hydrogen) atoms. The largest absolute Gasteiger partial charge is 0.254 e. The lowest BCUT2D eigenvalue weighted by Gasteiger charge is -1.75. The van der Waals surface area contributed by atoms with E-state index < -0.39 is 10.0 Å². The molecule has 0 N–H and O–H groups in total. The second-order valence-corrected chi connectivity index (χ2v) is 2.41. The smallest absolute Gasteiger partial charge is 0.209 e. The second-order valence-electron chi connectivity index (χ2n) is 0.802. The number of rotatable bonds is 1. The Morgan fingerprint density at radius 3 is 1.83 bits per heavy atom. The average molecular weight is 112 g/mol. The van der Waals surface area contributed by atoms with Crippen LogP contribution in [0.3, 0.4) is 0 Å². The lowest BCUT2D eigenvalue weighted by atomic mass is 12.0. The highest BCUT2D eigenvalue weighted by molar-refractivity contribution is 7.88. The van der Waals surface area contributed by atoms with Gasteiger partial charge in [-0.25, -0.2) is 8.42 Å². The van der Waals surface area contributed by atoms with Gasteiger partial charge < -0.3 is 0 Å². The van der Waals surface area contributed by atoms with Gasteiger partial charge in [0.05, 0.1) is 11.2 Å². The summed E-state index contributed by atoms with van der Waals surface area (Å²) in [6, 6.07) is 0. The third-order valence-electron chi connectivity index (χ3n) is 0.125. The van der Waals surface area contributed by atoms with Gasteiger partial charge in [-0.15, -0.1) is 0 Å². The summed E-state index contributed by atoms with van der Waals surface area (Å²) in [5.41, 5.74) is 0. The van der Waals surface area contributed by atoms with E-state index >= 15 is 0 Å². The van der Waals surface area contributed by atoms with Crippen molar-refractivity contribution in [3.63, 3.8) is 0 Å². The molecule has 0 aromatic rings. The van der Waals surface area contributed by atoms with Gasteiger partial charge >= 0.3 is 0 Å². The van der Waals surface area contributed by atoms with E-state index in [0.29, 0.717) is 6.26 Å². The average Bonchev–Trinajstić information content (AvgIpc) is 1.35. The van der Waals surface area contributed by atoms with Crippen LogP contribution in [-0.4, -0.2) is 14.7 Å². The summed E-state index contributed by atoms with van der Waals surface area (Å²) in [5.74, 6) is 0. The first kappa shape index (κ1) is 5.84. The standard InChI is InChI=1S/CH3FNO2S/c1-6(4,5)3-2/h1H3. The van der Waals surface area contributed by atoms with E-state index in [2.05, 4.69) is 0 Å². The molecule has 0 amide bonds. The number of sulfonamides is 1. The molecule has 0 spiro atoms. The van der Waals surface area contributed by atoms with E-state index in [-0.39, 0.29) is 0 Å². The minimum absolute atomic E-state index is 0.674. The van der Waals surface area contributed by atoms with Crippen molar-refractivity contribution in [2.45, 2.75) is 0 Å². The zero-order valence-electron chi connectivity index (χ0n) is 3.05. The number of hydrogen-bond donors (Lipinski definition) is 0. The fraction of sp³-hybridized carbons (Fsp3) is 1.00. The zero-order valence-corrected chi connectivity index (χ0v) is 3.87. The van der Waals surface area contributed by atoms with Crippen LogP contribution in [0, 0.1) is 0 Å². The van der Waals surface area contributed by atoms with Crippen molar-refractivity contribution in [3.05, 3.63) is 0 Å². The van der Waals surface area contributed by atoms with Crippen LogP contribution in [0.25, 0.3) is 0 Å². The van der Waals surface area contributed by atoms with Gasteiger partial charge in [0.1, 0.15) is 0 Å². The quantitative estimate of drug-likeness (QED) is 0.456. The lowest BCUT2D eigenvalue weighted by molar-refractivity contribution is 0.418. The van der Waals surface area contributed by atoms with Gasteiger partial charge in [-0.3, -0.25) is 0 Å². The Labute approximate surface area is 35.2 Å². The third kappa shape index (κ3) is 3.84. The topological polar surface area (TPSA) is 48.2 Å². The highest BCUT2D eigenvalue weighted by Gasteiger charge is 1.96. The summed E-state index contributed by atoms with van der Waals surface area (Å²) in [6.07, 6.45) is 0.674. The molecule has 0 rings (SSSR count). The first-order chi connectivity index (χ1) is 2.56.